The minimum Gasteiger partial charge on any atom is -0.497 e. The van der Waals surface area contributed by atoms with Crippen LogP contribution in [0, 0.1) is 6.92 Å². The lowest BCUT2D eigenvalue weighted by Crippen LogP contribution is -2.25. The summed E-state index contributed by atoms with van der Waals surface area (Å²) in [4.78, 5) is 6.76. The SMILES string of the molecule is COc1ccc(CN2c3cc(C)ccc3S(=O)(=O)N(C)c3cccnc32)cc1. The Morgan fingerprint density at radius 3 is 2.50 bits per heavy atom. The van der Waals surface area contributed by atoms with Gasteiger partial charge in [0.05, 0.1) is 18.5 Å². The molecule has 0 aliphatic carbocycles. The minimum absolute atomic E-state index is 0.270. The number of anilines is 3. The molecule has 144 valence electrons. The normalized spacial score (nSPS) is 14.8. The van der Waals surface area contributed by atoms with E-state index in [1.54, 1.807) is 38.6 Å². The number of ether oxygens (including phenoxy) is 1. The van der Waals surface area contributed by atoms with E-state index in [2.05, 4.69) is 4.98 Å². The fraction of sp³-hybridized carbons (Fsp3) is 0.190. The van der Waals surface area contributed by atoms with Gasteiger partial charge in [-0.25, -0.2) is 13.4 Å². The number of fused-ring (bicyclic) bond motifs is 2. The number of pyridine rings is 1. The number of aromatic nitrogens is 1. The van der Waals surface area contributed by atoms with Crippen molar-refractivity contribution in [2.75, 3.05) is 23.4 Å². The largest absolute Gasteiger partial charge is 0.497 e. The van der Waals surface area contributed by atoms with Gasteiger partial charge in [-0.2, -0.15) is 0 Å². The van der Waals surface area contributed by atoms with Gasteiger partial charge >= 0.3 is 0 Å². The predicted octanol–water partition coefficient (Wildman–Crippen LogP) is 3.88. The molecule has 3 aromatic rings. The number of aryl methyl sites for hydroxylation is 1. The zero-order valence-corrected chi connectivity index (χ0v) is 16.8. The van der Waals surface area contributed by atoms with Gasteiger partial charge < -0.3 is 9.64 Å². The van der Waals surface area contributed by atoms with E-state index in [9.17, 15) is 8.42 Å². The van der Waals surface area contributed by atoms with Crippen LogP contribution in [0.15, 0.2) is 65.7 Å². The zero-order valence-electron chi connectivity index (χ0n) is 16.0. The Balaban J connectivity index is 1.93. The van der Waals surface area contributed by atoms with Gasteiger partial charge in [-0.1, -0.05) is 18.2 Å². The summed E-state index contributed by atoms with van der Waals surface area (Å²) in [5.74, 6) is 1.38. The second-order valence-electron chi connectivity index (χ2n) is 6.72. The molecule has 4 rings (SSSR count). The zero-order chi connectivity index (χ0) is 19.9. The topological polar surface area (TPSA) is 62.7 Å². The van der Waals surface area contributed by atoms with Crippen molar-refractivity contribution in [2.45, 2.75) is 18.4 Å². The van der Waals surface area contributed by atoms with E-state index in [1.165, 1.54) is 4.31 Å². The molecule has 0 bridgehead atoms. The van der Waals surface area contributed by atoms with E-state index in [-0.39, 0.29) is 4.90 Å². The quantitative estimate of drug-likeness (QED) is 0.674. The van der Waals surface area contributed by atoms with E-state index < -0.39 is 10.0 Å². The minimum atomic E-state index is -3.69. The maximum atomic E-state index is 13.2. The summed E-state index contributed by atoms with van der Waals surface area (Å²) in [6.07, 6.45) is 1.68. The van der Waals surface area contributed by atoms with Crippen molar-refractivity contribution in [3.05, 3.63) is 71.9 Å². The van der Waals surface area contributed by atoms with Gasteiger partial charge in [-0.3, -0.25) is 4.31 Å². The summed E-state index contributed by atoms with van der Waals surface area (Å²) < 4.78 is 33.0. The molecule has 0 N–H and O–H groups in total. The molecule has 1 aliphatic rings. The van der Waals surface area contributed by atoms with Crippen LogP contribution >= 0.6 is 0 Å². The summed E-state index contributed by atoms with van der Waals surface area (Å²) >= 11 is 0. The Kier molecular flexibility index (Phi) is 4.47. The highest BCUT2D eigenvalue weighted by Crippen LogP contribution is 2.43. The second kappa shape index (κ2) is 6.83. The molecule has 2 aromatic carbocycles. The molecule has 0 saturated heterocycles. The lowest BCUT2D eigenvalue weighted by Gasteiger charge is -2.25. The lowest BCUT2D eigenvalue weighted by molar-refractivity contribution is 0.414. The van der Waals surface area contributed by atoms with Gasteiger partial charge in [0.25, 0.3) is 10.0 Å². The molecule has 6 nitrogen and oxygen atoms in total. The molecule has 0 radical (unpaired) electrons. The fourth-order valence-electron chi connectivity index (χ4n) is 3.36. The third-order valence-electron chi connectivity index (χ3n) is 4.90. The molecule has 0 fully saturated rings. The van der Waals surface area contributed by atoms with Crippen LogP contribution in [0.4, 0.5) is 17.2 Å². The highest BCUT2D eigenvalue weighted by atomic mass is 32.2. The number of hydrogen-bond acceptors (Lipinski definition) is 5. The summed E-state index contributed by atoms with van der Waals surface area (Å²) in [5.41, 5.74) is 3.17. The third-order valence-corrected chi connectivity index (χ3v) is 6.72. The summed E-state index contributed by atoms with van der Waals surface area (Å²) in [6, 6.07) is 16.6. The summed E-state index contributed by atoms with van der Waals surface area (Å²) in [5, 5.41) is 0. The molecule has 0 saturated carbocycles. The van der Waals surface area contributed by atoms with Crippen LogP contribution < -0.4 is 13.9 Å². The van der Waals surface area contributed by atoms with Crippen LogP contribution in [0.25, 0.3) is 0 Å². The smallest absolute Gasteiger partial charge is 0.266 e. The Labute approximate surface area is 165 Å². The average molecular weight is 395 g/mol. The van der Waals surface area contributed by atoms with E-state index in [0.717, 1.165) is 16.9 Å². The monoisotopic (exact) mass is 395 g/mol. The predicted molar refractivity (Wildman–Crippen MR) is 110 cm³/mol. The van der Waals surface area contributed by atoms with Crippen molar-refractivity contribution in [1.29, 1.82) is 0 Å². The van der Waals surface area contributed by atoms with Crippen LogP contribution in [-0.4, -0.2) is 27.6 Å². The van der Waals surface area contributed by atoms with Crippen molar-refractivity contribution in [3.8, 4) is 5.75 Å². The average Bonchev–Trinajstić information content (AvgIpc) is 2.77. The molecule has 7 heteroatoms. The maximum Gasteiger partial charge on any atom is 0.266 e. The fourth-order valence-corrected chi connectivity index (χ4v) is 4.73. The first-order chi connectivity index (χ1) is 13.4. The third kappa shape index (κ3) is 2.97. The van der Waals surface area contributed by atoms with Crippen LogP contribution in [0.3, 0.4) is 0 Å². The maximum absolute atomic E-state index is 13.2. The molecule has 0 spiro atoms. The molecule has 1 aliphatic heterocycles. The van der Waals surface area contributed by atoms with Crippen molar-refractivity contribution >= 4 is 27.2 Å². The van der Waals surface area contributed by atoms with Gasteiger partial charge in [-0.05, 0) is 54.4 Å². The van der Waals surface area contributed by atoms with E-state index in [1.807, 2.05) is 48.2 Å². The van der Waals surface area contributed by atoms with Crippen LogP contribution in [0.2, 0.25) is 0 Å². The summed E-state index contributed by atoms with van der Waals surface area (Å²) in [7, 11) is -0.497. The first-order valence-corrected chi connectivity index (χ1v) is 10.3. The van der Waals surface area contributed by atoms with Crippen molar-refractivity contribution in [2.24, 2.45) is 0 Å². The van der Waals surface area contributed by atoms with Crippen molar-refractivity contribution in [3.63, 3.8) is 0 Å². The van der Waals surface area contributed by atoms with Crippen LogP contribution in [0.1, 0.15) is 11.1 Å². The molecule has 0 amide bonds. The Morgan fingerprint density at radius 1 is 1.04 bits per heavy atom. The molecule has 0 unspecified atom stereocenters. The molecule has 28 heavy (non-hydrogen) atoms. The van der Waals surface area contributed by atoms with Crippen molar-refractivity contribution < 1.29 is 13.2 Å². The number of sulfonamides is 1. The van der Waals surface area contributed by atoms with Gasteiger partial charge in [0, 0.05) is 19.8 Å². The van der Waals surface area contributed by atoms with Crippen LogP contribution in [-0.2, 0) is 16.6 Å². The number of rotatable bonds is 3. The molecule has 2 heterocycles. The van der Waals surface area contributed by atoms with E-state index in [0.29, 0.717) is 23.7 Å². The standard InChI is InChI=1S/C21H21N3O3S/c1-15-6-11-20-19(13-15)24(14-16-7-9-17(27-3)10-8-16)21-18(5-4-12-22-21)23(2)28(20,25)26/h4-13H,14H2,1-3H3. The number of methoxy groups -OCH3 is 1. The van der Waals surface area contributed by atoms with Gasteiger partial charge in [-0.15, -0.1) is 0 Å². The molecular weight excluding hydrogens is 374 g/mol. The second-order valence-corrected chi connectivity index (χ2v) is 8.66. The highest BCUT2D eigenvalue weighted by molar-refractivity contribution is 7.93. The number of benzene rings is 2. The Bertz CT molecular complexity index is 1130. The first kappa shape index (κ1) is 18.3. The molecular formula is C21H21N3O3S. The van der Waals surface area contributed by atoms with Crippen molar-refractivity contribution in [1.82, 2.24) is 4.98 Å². The number of hydrogen-bond donors (Lipinski definition) is 0. The number of nitrogens with zero attached hydrogens (tertiary/aromatic N) is 3. The summed E-state index contributed by atoms with van der Waals surface area (Å²) in [6.45, 7) is 2.43. The Morgan fingerprint density at radius 2 is 1.79 bits per heavy atom. The molecule has 0 atom stereocenters. The lowest BCUT2D eigenvalue weighted by atomic mass is 10.1. The first-order valence-electron chi connectivity index (χ1n) is 8.87. The Hall–Kier alpha value is -3.06. The van der Waals surface area contributed by atoms with E-state index >= 15 is 0 Å². The van der Waals surface area contributed by atoms with E-state index in [4.69, 9.17) is 4.74 Å². The van der Waals surface area contributed by atoms with Crippen LogP contribution in [0.5, 0.6) is 5.75 Å². The highest BCUT2D eigenvalue weighted by Gasteiger charge is 2.34. The van der Waals surface area contributed by atoms with Gasteiger partial charge in [0.2, 0.25) is 0 Å². The van der Waals surface area contributed by atoms with Gasteiger partial charge in [0.1, 0.15) is 10.6 Å². The van der Waals surface area contributed by atoms with Gasteiger partial charge in [0.15, 0.2) is 5.82 Å². The molecule has 1 aromatic heterocycles.